The van der Waals surface area contributed by atoms with Gasteiger partial charge in [-0.3, -0.25) is 0 Å². The second-order valence-corrected chi connectivity index (χ2v) is 15.1. The van der Waals surface area contributed by atoms with Gasteiger partial charge in [0.2, 0.25) is 0 Å². The van der Waals surface area contributed by atoms with Crippen LogP contribution in [0.3, 0.4) is 0 Å². The van der Waals surface area contributed by atoms with E-state index < -0.39 is 31.7 Å². The molecule has 0 aliphatic rings. The van der Waals surface area contributed by atoms with Crippen LogP contribution in [0.15, 0.2) is 42.5 Å². The van der Waals surface area contributed by atoms with E-state index in [4.69, 9.17) is 8.37 Å². The second-order valence-electron chi connectivity index (χ2n) is 11.7. The van der Waals surface area contributed by atoms with Crippen molar-refractivity contribution in [3.05, 3.63) is 59.2 Å². The van der Waals surface area contributed by atoms with E-state index in [-0.39, 0.29) is 27.7 Å². The predicted molar refractivity (Wildman–Crippen MR) is 138 cm³/mol. The number of benzene rings is 2. The average Bonchev–Trinajstić information content (AvgIpc) is 2.64. The molecule has 0 saturated carbocycles. The molecule has 0 amide bonds. The molecule has 0 saturated heterocycles. The maximum atomic E-state index is 12.7. The lowest BCUT2D eigenvalue weighted by molar-refractivity contribution is 0.464. The van der Waals surface area contributed by atoms with E-state index in [0.29, 0.717) is 0 Å². The first-order valence-corrected chi connectivity index (χ1v) is 14.4. The van der Waals surface area contributed by atoms with Gasteiger partial charge in [0, 0.05) is 5.56 Å². The minimum atomic E-state index is -4.18. The molecule has 2 aromatic carbocycles. The molecule has 2 rings (SSSR count). The van der Waals surface area contributed by atoms with Crippen LogP contribution in [0.4, 0.5) is 0 Å². The van der Waals surface area contributed by atoms with Gasteiger partial charge in [-0.2, -0.15) is 16.8 Å². The largest absolute Gasteiger partial charge is 0.382 e. The topological polar surface area (TPSA) is 86.7 Å². The van der Waals surface area contributed by atoms with Gasteiger partial charge in [-0.25, -0.2) is 0 Å². The Kier molecular flexibility index (Phi) is 7.90. The molecule has 0 bridgehead atoms. The van der Waals surface area contributed by atoms with E-state index in [1.165, 1.54) is 0 Å². The van der Waals surface area contributed by atoms with Crippen LogP contribution in [-0.4, -0.2) is 28.3 Å². The second kappa shape index (κ2) is 9.53. The molecule has 0 heterocycles. The third kappa shape index (κ3) is 8.01. The molecule has 0 radical (unpaired) electrons. The smallest absolute Gasteiger partial charge is 0.310 e. The standard InChI is InChI=1S/C26H38O6S2/c1-24(2,3)19-10-13-21(14-11-19)31-33(27,28)16-17-34(29,30)32-23-15-12-20(25(4,5)6)18-22(23)26(7,8)9/h10-15,18H,16-17H2,1-9H3. The summed E-state index contributed by atoms with van der Waals surface area (Å²) in [7, 11) is -8.31. The van der Waals surface area contributed by atoms with Crippen LogP contribution in [0.2, 0.25) is 0 Å². The lowest BCUT2D eigenvalue weighted by Gasteiger charge is -2.27. The summed E-state index contributed by atoms with van der Waals surface area (Å²) in [6.07, 6.45) is 0. The Bertz CT molecular complexity index is 1210. The summed E-state index contributed by atoms with van der Waals surface area (Å²) in [4.78, 5) is 0. The predicted octanol–water partition coefficient (Wildman–Crippen LogP) is 5.70. The molecule has 6 nitrogen and oxygen atoms in total. The van der Waals surface area contributed by atoms with Crippen LogP contribution >= 0.6 is 0 Å². The molecule has 2 aromatic rings. The van der Waals surface area contributed by atoms with Crippen molar-refractivity contribution in [1.29, 1.82) is 0 Å². The minimum absolute atomic E-state index is 0.0835. The van der Waals surface area contributed by atoms with E-state index in [2.05, 4.69) is 20.8 Å². The Morgan fingerprint density at radius 2 is 1.03 bits per heavy atom. The first-order valence-electron chi connectivity index (χ1n) is 11.3. The number of hydrogen-bond donors (Lipinski definition) is 0. The van der Waals surface area contributed by atoms with Gasteiger partial charge in [0.15, 0.2) is 0 Å². The van der Waals surface area contributed by atoms with Gasteiger partial charge >= 0.3 is 20.2 Å². The normalized spacial score (nSPS) is 13.6. The maximum absolute atomic E-state index is 12.7. The lowest BCUT2D eigenvalue weighted by atomic mass is 9.80. The molecule has 0 aliphatic heterocycles. The van der Waals surface area contributed by atoms with E-state index >= 15 is 0 Å². The highest BCUT2D eigenvalue weighted by atomic mass is 32.2. The summed E-state index contributed by atoms with van der Waals surface area (Å²) in [6, 6.07) is 12.1. The van der Waals surface area contributed by atoms with Crippen molar-refractivity contribution < 1.29 is 25.2 Å². The third-order valence-electron chi connectivity index (χ3n) is 5.40. The van der Waals surface area contributed by atoms with Crippen LogP contribution in [-0.2, 0) is 36.5 Å². The maximum Gasteiger partial charge on any atom is 0.310 e. The Morgan fingerprint density at radius 3 is 1.47 bits per heavy atom. The van der Waals surface area contributed by atoms with Gasteiger partial charge < -0.3 is 8.37 Å². The quantitative estimate of drug-likeness (QED) is 0.444. The first-order chi connectivity index (χ1) is 15.2. The zero-order chi connectivity index (χ0) is 26.2. The van der Waals surface area contributed by atoms with Crippen molar-refractivity contribution in [2.24, 2.45) is 0 Å². The Labute approximate surface area is 205 Å². The highest BCUT2D eigenvalue weighted by Gasteiger charge is 2.27. The fourth-order valence-corrected chi connectivity index (χ4v) is 5.86. The minimum Gasteiger partial charge on any atom is -0.382 e. The van der Waals surface area contributed by atoms with Crippen LogP contribution in [0, 0.1) is 0 Å². The molecular weight excluding hydrogens is 472 g/mol. The van der Waals surface area contributed by atoms with E-state index in [0.717, 1.165) is 16.7 Å². The SMILES string of the molecule is CC(C)(C)c1ccc(OS(=O)(=O)CCS(=O)(=O)Oc2ccc(C(C)(C)C)cc2C(C)(C)C)cc1. The Hall–Kier alpha value is -2.06. The van der Waals surface area contributed by atoms with Crippen molar-refractivity contribution >= 4 is 20.2 Å². The van der Waals surface area contributed by atoms with Crippen molar-refractivity contribution in [2.75, 3.05) is 11.5 Å². The summed E-state index contributed by atoms with van der Waals surface area (Å²) >= 11 is 0. The highest BCUT2D eigenvalue weighted by molar-refractivity contribution is 7.90. The summed E-state index contributed by atoms with van der Waals surface area (Å²) in [5.41, 5.74) is 2.24. The zero-order valence-corrected chi connectivity index (χ0v) is 23.4. The van der Waals surface area contributed by atoms with E-state index in [9.17, 15) is 16.8 Å². The van der Waals surface area contributed by atoms with Gasteiger partial charge in [-0.1, -0.05) is 86.6 Å². The third-order valence-corrected chi connectivity index (χ3v) is 7.94. The van der Waals surface area contributed by atoms with Crippen molar-refractivity contribution in [1.82, 2.24) is 0 Å². The first kappa shape index (κ1) is 28.2. The Balaban J connectivity index is 2.16. The van der Waals surface area contributed by atoms with Crippen molar-refractivity contribution in [3.63, 3.8) is 0 Å². The molecule has 0 N–H and O–H groups in total. The van der Waals surface area contributed by atoms with Crippen LogP contribution < -0.4 is 8.37 Å². The fourth-order valence-electron chi connectivity index (χ4n) is 3.24. The number of hydrogen-bond acceptors (Lipinski definition) is 6. The summed E-state index contributed by atoms with van der Waals surface area (Å²) in [6.45, 7) is 18.3. The highest BCUT2D eigenvalue weighted by Crippen LogP contribution is 2.36. The molecule has 34 heavy (non-hydrogen) atoms. The average molecular weight is 511 g/mol. The van der Waals surface area contributed by atoms with E-state index in [1.807, 2.05) is 53.7 Å². The summed E-state index contributed by atoms with van der Waals surface area (Å²) in [5, 5.41) is 0. The van der Waals surface area contributed by atoms with Gasteiger partial charge in [-0.05, 0) is 45.6 Å². The molecule has 0 aliphatic carbocycles. The van der Waals surface area contributed by atoms with Gasteiger partial charge in [0.25, 0.3) is 0 Å². The zero-order valence-electron chi connectivity index (χ0n) is 21.7. The Morgan fingerprint density at radius 1 is 0.588 bits per heavy atom. The van der Waals surface area contributed by atoms with Crippen LogP contribution in [0.25, 0.3) is 0 Å². The molecule has 8 heteroatoms. The van der Waals surface area contributed by atoms with Crippen LogP contribution in [0.5, 0.6) is 11.5 Å². The summed E-state index contributed by atoms with van der Waals surface area (Å²) in [5.74, 6) is -1.10. The molecule has 0 aromatic heterocycles. The van der Waals surface area contributed by atoms with Gasteiger partial charge in [0.05, 0.1) is 0 Å². The molecule has 0 atom stereocenters. The molecule has 0 spiro atoms. The van der Waals surface area contributed by atoms with Gasteiger partial charge in [-0.15, -0.1) is 0 Å². The number of rotatable bonds is 7. The van der Waals surface area contributed by atoms with Crippen LogP contribution in [0.1, 0.15) is 79.0 Å². The molecule has 0 fully saturated rings. The van der Waals surface area contributed by atoms with Crippen molar-refractivity contribution in [2.45, 2.75) is 78.6 Å². The molecular formula is C26H38O6S2. The van der Waals surface area contributed by atoms with Gasteiger partial charge in [0.1, 0.15) is 23.0 Å². The lowest BCUT2D eigenvalue weighted by Crippen LogP contribution is -2.25. The summed E-state index contributed by atoms with van der Waals surface area (Å²) < 4.78 is 60.7. The molecule has 190 valence electrons. The molecule has 0 unspecified atom stereocenters. The monoisotopic (exact) mass is 510 g/mol. The van der Waals surface area contributed by atoms with E-state index in [1.54, 1.807) is 30.3 Å². The van der Waals surface area contributed by atoms with Crippen molar-refractivity contribution in [3.8, 4) is 11.5 Å². The fraction of sp³-hybridized carbons (Fsp3) is 0.538.